The molecule has 1 saturated carbocycles. The second kappa shape index (κ2) is 6.90. The number of rotatable bonds is 7. The molecule has 20 heavy (non-hydrogen) atoms. The monoisotopic (exact) mass is 284 g/mol. The van der Waals surface area contributed by atoms with Crippen LogP contribution in [0.15, 0.2) is 0 Å². The summed E-state index contributed by atoms with van der Waals surface area (Å²) in [6, 6.07) is 1.04. The van der Waals surface area contributed by atoms with Crippen LogP contribution in [0.1, 0.15) is 60.8 Å². The maximum atomic E-state index is 11.7. The van der Waals surface area contributed by atoms with Crippen LogP contribution in [0, 0.1) is 5.92 Å². The maximum Gasteiger partial charge on any atom is 0.323 e. The van der Waals surface area contributed by atoms with E-state index in [0.717, 1.165) is 19.4 Å². The van der Waals surface area contributed by atoms with Gasteiger partial charge in [-0.15, -0.1) is 0 Å². The van der Waals surface area contributed by atoms with E-state index in [2.05, 4.69) is 37.9 Å². The third kappa shape index (κ3) is 4.19. The Hall–Kier alpha value is -0.610. The molecule has 4 heteroatoms. The molecule has 0 aliphatic heterocycles. The zero-order valence-electron chi connectivity index (χ0n) is 13.9. The lowest BCUT2D eigenvalue weighted by atomic mass is 9.95. The van der Waals surface area contributed by atoms with Crippen LogP contribution in [-0.2, 0) is 4.79 Å². The summed E-state index contributed by atoms with van der Waals surface area (Å²) in [5, 5.41) is 13.0. The Labute approximate surface area is 123 Å². The first-order chi connectivity index (χ1) is 9.18. The van der Waals surface area contributed by atoms with Gasteiger partial charge in [-0.2, -0.15) is 0 Å². The number of carbonyl (C=O) groups is 1. The quantitative estimate of drug-likeness (QED) is 0.755. The summed E-state index contributed by atoms with van der Waals surface area (Å²) in [6.45, 7) is 13.9. The molecule has 1 fully saturated rings. The van der Waals surface area contributed by atoms with E-state index in [1.54, 1.807) is 0 Å². The van der Waals surface area contributed by atoms with Gasteiger partial charge in [0.1, 0.15) is 5.54 Å². The van der Waals surface area contributed by atoms with Crippen molar-refractivity contribution in [3.63, 3.8) is 0 Å². The molecule has 0 aromatic heterocycles. The molecule has 1 rings (SSSR count). The van der Waals surface area contributed by atoms with Crippen LogP contribution < -0.4 is 5.32 Å². The van der Waals surface area contributed by atoms with E-state index in [-0.39, 0.29) is 6.04 Å². The predicted octanol–water partition coefficient (Wildman–Crippen LogP) is 2.73. The van der Waals surface area contributed by atoms with Crippen LogP contribution >= 0.6 is 0 Å². The van der Waals surface area contributed by atoms with E-state index >= 15 is 0 Å². The van der Waals surface area contributed by atoms with Gasteiger partial charge >= 0.3 is 5.97 Å². The molecule has 4 nitrogen and oxygen atoms in total. The standard InChI is InChI=1S/C16H32N2O2/c1-11(2)10-18(13(5)6)14-7-8-16(9-14,15(19)20)17-12(3)4/h11-14,17H,7-10H2,1-6H3,(H,19,20). The molecule has 0 spiro atoms. The minimum absolute atomic E-state index is 0.197. The van der Waals surface area contributed by atoms with Crippen molar-refractivity contribution in [2.24, 2.45) is 5.92 Å². The molecule has 0 saturated heterocycles. The van der Waals surface area contributed by atoms with Crippen LogP contribution in [0.25, 0.3) is 0 Å². The molecule has 118 valence electrons. The molecule has 0 aromatic rings. The summed E-state index contributed by atoms with van der Waals surface area (Å²) in [7, 11) is 0. The van der Waals surface area contributed by atoms with Gasteiger partial charge < -0.3 is 5.11 Å². The number of hydrogen-bond donors (Lipinski definition) is 2. The first-order valence-corrected chi connectivity index (χ1v) is 7.94. The Morgan fingerprint density at radius 1 is 1.30 bits per heavy atom. The molecule has 2 N–H and O–H groups in total. The second-order valence-corrected chi connectivity index (χ2v) is 7.27. The van der Waals surface area contributed by atoms with Crippen molar-refractivity contribution in [3.05, 3.63) is 0 Å². The van der Waals surface area contributed by atoms with Gasteiger partial charge in [-0.3, -0.25) is 15.0 Å². The molecule has 1 aliphatic carbocycles. The number of nitrogens with one attached hydrogen (secondary N) is 1. The van der Waals surface area contributed by atoms with Crippen molar-refractivity contribution in [1.29, 1.82) is 0 Å². The Morgan fingerprint density at radius 2 is 1.90 bits per heavy atom. The van der Waals surface area contributed by atoms with Crippen LogP contribution in [-0.4, -0.2) is 46.2 Å². The molecule has 0 heterocycles. The minimum atomic E-state index is -0.733. The zero-order chi connectivity index (χ0) is 15.5. The predicted molar refractivity (Wildman–Crippen MR) is 83.0 cm³/mol. The van der Waals surface area contributed by atoms with Gasteiger partial charge in [-0.25, -0.2) is 0 Å². The van der Waals surface area contributed by atoms with E-state index in [4.69, 9.17) is 0 Å². The van der Waals surface area contributed by atoms with E-state index < -0.39 is 11.5 Å². The summed E-state index contributed by atoms with van der Waals surface area (Å²) >= 11 is 0. The number of carboxylic acids is 1. The molecular weight excluding hydrogens is 252 g/mol. The van der Waals surface area contributed by atoms with Gasteiger partial charge in [0.05, 0.1) is 0 Å². The fourth-order valence-electron chi connectivity index (χ4n) is 3.45. The number of aliphatic carboxylic acids is 1. The van der Waals surface area contributed by atoms with Crippen molar-refractivity contribution in [3.8, 4) is 0 Å². The van der Waals surface area contributed by atoms with Crippen LogP contribution in [0.2, 0.25) is 0 Å². The Bertz CT molecular complexity index is 328. The summed E-state index contributed by atoms with van der Waals surface area (Å²) in [5.74, 6) is -0.0859. The zero-order valence-corrected chi connectivity index (χ0v) is 13.9. The molecular formula is C16H32N2O2. The average Bonchev–Trinajstić information content (AvgIpc) is 2.69. The Kier molecular flexibility index (Phi) is 6.02. The van der Waals surface area contributed by atoms with Crippen LogP contribution in [0.4, 0.5) is 0 Å². The molecule has 2 unspecified atom stereocenters. The van der Waals surface area contributed by atoms with Crippen molar-refractivity contribution in [1.82, 2.24) is 10.2 Å². The number of nitrogens with zero attached hydrogens (tertiary/aromatic N) is 1. The third-order valence-corrected chi connectivity index (χ3v) is 4.17. The summed E-state index contributed by atoms with van der Waals surface area (Å²) in [6.07, 6.45) is 2.41. The summed E-state index contributed by atoms with van der Waals surface area (Å²) in [5.41, 5.74) is -0.733. The van der Waals surface area contributed by atoms with Crippen molar-refractivity contribution in [2.45, 2.75) is 84.5 Å². The van der Waals surface area contributed by atoms with Crippen molar-refractivity contribution in [2.75, 3.05) is 6.54 Å². The second-order valence-electron chi connectivity index (χ2n) is 7.27. The van der Waals surface area contributed by atoms with Gasteiger partial charge in [0, 0.05) is 24.7 Å². The highest BCUT2D eigenvalue weighted by Gasteiger charge is 2.47. The smallest absolute Gasteiger partial charge is 0.323 e. The van der Waals surface area contributed by atoms with E-state index in [9.17, 15) is 9.90 Å². The van der Waals surface area contributed by atoms with Gasteiger partial charge in [0.2, 0.25) is 0 Å². The van der Waals surface area contributed by atoms with Crippen molar-refractivity contribution < 1.29 is 9.90 Å². The highest BCUT2D eigenvalue weighted by Crippen LogP contribution is 2.35. The lowest BCUT2D eigenvalue weighted by Crippen LogP contribution is -2.54. The molecule has 0 radical (unpaired) electrons. The lowest BCUT2D eigenvalue weighted by Gasteiger charge is -2.35. The minimum Gasteiger partial charge on any atom is -0.480 e. The average molecular weight is 284 g/mol. The van der Waals surface area contributed by atoms with Gasteiger partial charge in [-0.1, -0.05) is 13.8 Å². The fraction of sp³-hybridized carbons (Fsp3) is 0.938. The lowest BCUT2D eigenvalue weighted by molar-refractivity contribution is -0.145. The SMILES string of the molecule is CC(C)CN(C(C)C)C1CCC(NC(C)C)(C(=O)O)C1. The third-order valence-electron chi connectivity index (χ3n) is 4.17. The molecule has 0 aromatic carbocycles. The van der Waals surface area contributed by atoms with Crippen molar-refractivity contribution >= 4 is 5.97 Å². The molecule has 2 atom stereocenters. The Morgan fingerprint density at radius 3 is 2.30 bits per heavy atom. The number of hydrogen-bond acceptors (Lipinski definition) is 3. The molecule has 1 aliphatic rings. The maximum absolute atomic E-state index is 11.7. The largest absolute Gasteiger partial charge is 0.480 e. The van der Waals surface area contributed by atoms with Crippen LogP contribution in [0.3, 0.4) is 0 Å². The van der Waals surface area contributed by atoms with Gasteiger partial charge in [0.25, 0.3) is 0 Å². The van der Waals surface area contributed by atoms with E-state index in [0.29, 0.717) is 24.4 Å². The Balaban J connectivity index is 2.83. The molecule has 0 amide bonds. The van der Waals surface area contributed by atoms with Gasteiger partial charge in [-0.05, 0) is 52.9 Å². The number of carboxylic acid groups (broad SMARTS) is 1. The topological polar surface area (TPSA) is 52.6 Å². The van der Waals surface area contributed by atoms with E-state index in [1.807, 2.05) is 13.8 Å². The first-order valence-electron chi connectivity index (χ1n) is 7.94. The first kappa shape index (κ1) is 17.4. The highest BCUT2D eigenvalue weighted by atomic mass is 16.4. The normalized spacial score (nSPS) is 27.2. The fourth-order valence-corrected chi connectivity index (χ4v) is 3.45. The molecule has 0 bridgehead atoms. The summed E-state index contributed by atoms with van der Waals surface area (Å²) in [4.78, 5) is 14.2. The van der Waals surface area contributed by atoms with Gasteiger partial charge in [0.15, 0.2) is 0 Å². The summed E-state index contributed by atoms with van der Waals surface area (Å²) < 4.78 is 0. The highest BCUT2D eigenvalue weighted by molar-refractivity contribution is 5.79. The van der Waals surface area contributed by atoms with Crippen LogP contribution in [0.5, 0.6) is 0 Å². The van der Waals surface area contributed by atoms with E-state index in [1.165, 1.54) is 0 Å².